The Morgan fingerprint density at radius 2 is 2.00 bits per heavy atom. The minimum Gasteiger partial charge on any atom is -0.484 e. The van der Waals surface area contributed by atoms with E-state index in [1.54, 1.807) is 11.0 Å². The Bertz CT molecular complexity index is 888. The molecule has 3 rings (SSSR count). The van der Waals surface area contributed by atoms with E-state index in [0.29, 0.717) is 25.3 Å². The number of benzene rings is 2. The number of likely N-dealkylation sites (tertiary alicyclic amines) is 1. The van der Waals surface area contributed by atoms with Crippen molar-refractivity contribution >= 4 is 11.8 Å². The van der Waals surface area contributed by atoms with Crippen molar-refractivity contribution in [3.8, 4) is 5.75 Å². The van der Waals surface area contributed by atoms with E-state index in [1.807, 2.05) is 25.1 Å². The Kier molecular flexibility index (Phi) is 6.80. The summed E-state index contributed by atoms with van der Waals surface area (Å²) in [6.45, 7) is 2.75. The Morgan fingerprint density at radius 3 is 2.76 bits per heavy atom. The lowest BCUT2D eigenvalue weighted by Gasteiger charge is -2.33. The zero-order valence-corrected chi connectivity index (χ0v) is 16.3. The fourth-order valence-electron chi connectivity index (χ4n) is 3.36. The first-order valence-electron chi connectivity index (χ1n) is 9.71. The summed E-state index contributed by atoms with van der Waals surface area (Å²) in [5, 5.41) is 2.88. The number of piperidine rings is 1. The maximum absolute atomic E-state index is 13.4. The Labute approximate surface area is 168 Å². The highest BCUT2D eigenvalue weighted by atomic mass is 19.2. The topological polar surface area (TPSA) is 58.6 Å². The van der Waals surface area contributed by atoms with Gasteiger partial charge in [-0.3, -0.25) is 9.59 Å². The van der Waals surface area contributed by atoms with Gasteiger partial charge in [-0.15, -0.1) is 0 Å². The highest BCUT2D eigenvalue weighted by molar-refractivity contribution is 5.94. The summed E-state index contributed by atoms with van der Waals surface area (Å²) in [7, 11) is 0. The molecule has 1 aliphatic heterocycles. The van der Waals surface area contributed by atoms with Gasteiger partial charge in [0.1, 0.15) is 5.75 Å². The molecular weight excluding hydrogens is 378 g/mol. The summed E-state index contributed by atoms with van der Waals surface area (Å²) >= 11 is 0. The molecule has 0 radical (unpaired) electrons. The van der Waals surface area contributed by atoms with Gasteiger partial charge in [-0.1, -0.05) is 19.1 Å². The van der Waals surface area contributed by atoms with Crippen LogP contribution in [0.15, 0.2) is 42.5 Å². The van der Waals surface area contributed by atoms with Gasteiger partial charge in [0.05, 0.1) is 0 Å². The van der Waals surface area contributed by atoms with Crippen LogP contribution in [-0.4, -0.2) is 42.5 Å². The summed E-state index contributed by atoms with van der Waals surface area (Å²) < 4.78 is 32.0. The van der Waals surface area contributed by atoms with E-state index >= 15 is 0 Å². The van der Waals surface area contributed by atoms with E-state index in [-0.39, 0.29) is 30.0 Å². The molecule has 1 fully saturated rings. The van der Waals surface area contributed by atoms with Gasteiger partial charge in [0.15, 0.2) is 18.2 Å². The van der Waals surface area contributed by atoms with Crippen LogP contribution in [0.5, 0.6) is 5.75 Å². The number of hydrogen-bond acceptors (Lipinski definition) is 3. The van der Waals surface area contributed by atoms with Crippen molar-refractivity contribution in [2.24, 2.45) is 0 Å². The molecule has 1 aliphatic rings. The van der Waals surface area contributed by atoms with Crippen molar-refractivity contribution < 1.29 is 23.1 Å². The van der Waals surface area contributed by atoms with E-state index in [1.165, 1.54) is 6.07 Å². The van der Waals surface area contributed by atoms with E-state index in [4.69, 9.17) is 4.74 Å². The summed E-state index contributed by atoms with van der Waals surface area (Å²) in [6, 6.07) is 10.5. The van der Waals surface area contributed by atoms with Gasteiger partial charge >= 0.3 is 0 Å². The zero-order valence-electron chi connectivity index (χ0n) is 16.3. The summed E-state index contributed by atoms with van der Waals surface area (Å²) in [5.74, 6) is -2.05. The molecule has 1 heterocycles. The fourth-order valence-corrected chi connectivity index (χ4v) is 3.36. The smallest absolute Gasteiger partial charge is 0.258 e. The van der Waals surface area contributed by atoms with Crippen LogP contribution in [0, 0.1) is 11.6 Å². The molecule has 2 amide bonds. The van der Waals surface area contributed by atoms with Crippen LogP contribution >= 0.6 is 0 Å². The number of nitrogens with zero attached hydrogens (tertiary/aromatic N) is 1. The number of aryl methyl sites for hydroxylation is 1. The molecule has 0 saturated carbocycles. The van der Waals surface area contributed by atoms with E-state index in [9.17, 15) is 18.4 Å². The lowest BCUT2D eigenvalue weighted by Crippen LogP contribution is -2.50. The van der Waals surface area contributed by atoms with Crippen molar-refractivity contribution in [2.75, 3.05) is 19.7 Å². The van der Waals surface area contributed by atoms with E-state index in [0.717, 1.165) is 30.5 Å². The molecule has 0 aromatic heterocycles. The summed E-state index contributed by atoms with van der Waals surface area (Å²) in [5.41, 5.74) is 1.22. The van der Waals surface area contributed by atoms with Crippen LogP contribution in [0.25, 0.3) is 0 Å². The molecule has 1 N–H and O–H groups in total. The van der Waals surface area contributed by atoms with Crippen LogP contribution in [0.3, 0.4) is 0 Å². The van der Waals surface area contributed by atoms with Gasteiger partial charge in [0.2, 0.25) is 0 Å². The number of halogens is 2. The highest BCUT2D eigenvalue weighted by Crippen LogP contribution is 2.17. The first-order chi connectivity index (χ1) is 14.0. The van der Waals surface area contributed by atoms with Gasteiger partial charge in [-0.05, 0) is 55.2 Å². The van der Waals surface area contributed by atoms with E-state index in [2.05, 4.69) is 5.32 Å². The SMILES string of the molecule is CCc1cccc(OCC(=O)NC2CCCN(C(=O)c3ccc(F)c(F)c3)C2)c1. The predicted octanol–water partition coefficient (Wildman–Crippen LogP) is 3.33. The monoisotopic (exact) mass is 402 g/mol. The summed E-state index contributed by atoms with van der Waals surface area (Å²) in [6.07, 6.45) is 2.33. The third-order valence-corrected chi connectivity index (χ3v) is 4.92. The van der Waals surface area contributed by atoms with Gasteiger partial charge in [-0.2, -0.15) is 0 Å². The first-order valence-corrected chi connectivity index (χ1v) is 9.71. The largest absolute Gasteiger partial charge is 0.484 e. The molecule has 0 spiro atoms. The molecule has 1 atom stereocenters. The van der Waals surface area contributed by atoms with E-state index < -0.39 is 11.6 Å². The number of nitrogens with one attached hydrogen (secondary N) is 1. The highest BCUT2D eigenvalue weighted by Gasteiger charge is 2.26. The number of hydrogen-bond donors (Lipinski definition) is 1. The average molecular weight is 402 g/mol. The molecule has 2 aromatic carbocycles. The first kappa shape index (κ1) is 20.8. The Hall–Kier alpha value is -2.96. The third-order valence-electron chi connectivity index (χ3n) is 4.92. The van der Waals surface area contributed by atoms with Crippen LogP contribution in [0.4, 0.5) is 8.78 Å². The Balaban J connectivity index is 1.52. The molecule has 0 bridgehead atoms. The molecule has 7 heteroatoms. The Morgan fingerprint density at radius 1 is 1.17 bits per heavy atom. The van der Waals surface area contributed by atoms with Crippen LogP contribution < -0.4 is 10.1 Å². The average Bonchev–Trinajstić information content (AvgIpc) is 2.74. The fraction of sp³-hybridized carbons (Fsp3) is 0.364. The van der Waals surface area contributed by atoms with Gasteiger partial charge in [-0.25, -0.2) is 8.78 Å². The number of carbonyl (C=O) groups excluding carboxylic acids is 2. The molecule has 1 saturated heterocycles. The minimum atomic E-state index is -1.05. The quantitative estimate of drug-likeness (QED) is 0.806. The predicted molar refractivity (Wildman–Crippen MR) is 105 cm³/mol. The molecule has 5 nitrogen and oxygen atoms in total. The molecule has 1 unspecified atom stereocenters. The number of amides is 2. The second-order valence-corrected chi connectivity index (χ2v) is 7.08. The van der Waals surface area contributed by atoms with Crippen molar-refractivity contribution in [3.05, 3.63) is 65.2 Å². The third kappa shape index (κ3) is 5.53. The standard InChI is InChI=1S/C22H24F2N2O3/c1-2-15-5-3-7-18(11-15)29-14-21(27)25-17-6-4-10-26(13-17)22(28)16-8-9-19(23)20(24)12-16/h3,5,7-9,11-12,17H,2,4,6,10,13-14H2,1H3,(H,25,27). The lowest BCUT2D eigenvalue weighted by molar-refractivity contribution is -0.124. The molecular formula is C22H24F2N2O3. The maximum atomic E-state index is 13.4. The number of ether oxygens (including phenoxy) is 1. The van der Waals surface area contributed by atoms with Crippen molar-refractivity contribution in [1.82, 2.24) is 10.2 Å². The van der Waals surface area contributed by atoms with Crippen molar-refractivity contribution in [2.45, 2.75) is 32.2 Å². The number of rotatable bonds is 6. The summed E-state index contributed by atoms with van der Waals surface area (Å²) in [4.78, 5) is 26.4. The second-order valence-electron chi connectivity index (χ2n) is 7.08. The molecule has 0 aliphatic carbocycles. The second kappa shape index (κ2) is 9.49. The molecule has 154 valence electrons. The lowest BCUT2D eigenvalue weighted by atomic mass is 10.0. The maximum Gasteiger partial charge on any atom is 0.258 e. The van der Waals surface area contributed by atoms with Crippen LogP contribution in [0.2, 0.25) is 0 Å². The van der Waals surface area contributed by atoms with Gasteiger partial charge < -0.3 is 15.0 Å². The minimum absolute atomic E-state index is 0.0926. The van der Waals surface area contributed by atoms with Crippen molar-refractivity contribution in [1.29, 1.82) is 0 Å². The van der Waals surface area contributed by atoms with Gasteiger partial charge in [0, 0.05) is 24.7 Å². The zero-order chi connectivity index (χ0) is 20.8. The molecule has 29 heavy (non-hydrogen) atoms. The molecule has 2 aromatic rings. The normalized spacial score (nSPS) is 16.4. The van der Waals surface area contributed by atoms with Gasteiger partial charge in [0.25, 0.3) is 11.8 Å². The van der Waals surface area contributed by atoms with Crippen LogP contribution in [-0.2, 0) is 11.2 Å². The van der Waals surface area contributed by atoms with Crippen LogP contribution in [0.1, 0.15) is 35.7 Å². The number of carbonyl (C=O) groups is 2. The van der Waals surface area contributed by atoms with Crippen molar-refractivity contribution in [3.63, 3.8) is 0 Å².